The zero-order chi connectivity index (χ0) is 15.5. The molecule has 0 bridgehead atoms. The summed E-state index contributed by atoms with van der Waals surface area (Å²) in [6, 6.07) is 0. The van der Waals surface area contributed by atoms with Crippen LogP contribution in [0.5, 0.6) is 0 Å². The van der Waals surface area contributed by atoms with Crippen LogP contribution < -0.4 is 10.2 Å². The van der Waals surface area contributed by atoms with Gasteiger partial charge in [0.15, 0.2) is 5.13 Å². The van der Waals surface area contributed by atoms with Gasteiger partial charge in [-0.1, -0.05) is 34.6 Å². The largest absolute Gasteiger partial charge is 0.348 e. The normalized spacial score (nSPS) is 17.5. The minimum Gasteiger partial charge on any atom is -0.348 e. The van der Waals surface area contributed by atoms with Gasteiger partial charge in [-0.15, -0.1) is 11.3 Å². The molecule has 1 N–H and O–H groups in total. The lowest BCUT2D eigenvalue weighted by molar-refractivity contribution is 0.437. The summed E-state index contributed by atoms with van der Waals surface area (Å²) in [5.74, 6) is 0.869. The Labute approximate surface area is 134 Å². The Kier molecular flexibility index (Phi) is 5.67. The Hall–Kier alpha value is -0.610. The molecule has 0 aromatic carbocycles. The molecule has 1 aromatic heterocycles. The van der Waals surface area contributed by atoms with E-state index in [1.54, 1.807) is 0 Å². The molecule has 0 spiro atoms. The maximum Gasteiger partial charge on any atom is 0.185 e. The first-order valence-electron chi connectivity index (χ1n) is 8.37. The van der Waals surface area contributed by atoms with E-state index in [0.29, 0.717) is 0 Å². The van der Waals surface area contributed by atoms with Crippen molar-refractivity contribution in [1.29, 1.82) is 0 Å². The van der Waals surface area contributed by atoms with Crippen molar-refractivity contribution < 1.29 is 0 Å². The minimum absolute atomic E-state index is 0.126. The first-order chi connectivity index (χ1) is 9.91. The van der Waals surface area contributed by atoms with Crippen molar-refractivity contribution in [3.63, 3.8) is 0 Å². The van der Waals surface area contributed by atoms with Gasteiger partial charge < -0.3 is 10.2 Å². The monoisotopic (exact) mass is 309 g/mol. The van der Waals surface area contributed by atoms with Crippen LogP contribution in [0.25, 0.3) is 0 Å². The van der Waals surface area contributed by atoms with Crippen LogP contribution in [-0.4, -0.2) is 24.6 Å². The SMILES string of the molecule is CCCNCc1sc(N2CCC(C)CC2)nc1C(C)(C)C. The van der Waals surface area contributed by atoms with Gasteiger partial charge in [-0.3, -0.25) is 0 Å². The Balaban J connectivity index is 2.15. The van der Waals surface area contributed by atoms with Crippen LogP contribution in [-0.2, 0) is 12.0 Å². The number of nitrogens with zero attached hydrogens (tertiary/aromatic N) is 2. The summed E-state index contributed by atoms with van der Waals surface area (Å²) in [5.41, 5.74) is 1.41. The third-order valence-corrected chi connectivity index (χ3v) is 5.28. The van der Waals surface area contributed by atoms with Crippen molar-refractivity contribution in [2.75, 3.05) is 24.5 Å². The molecule has 3 nitrogen and oxygen atoms in total. The lowest BCUT2D eigenvalue weighted by atomic mass is 9.91. The molecule has 0 saturated carbocycles. The third-order valence-electron chi connectivity index (χ3n) is 4.16. The van der Waals surface area contributed by atoms with Crippen molar-refractivity contribution >= 4 is 16.5 Å². The van der Waals surface area contributed by atoms with E-state index in [1.165, 1.54) is 48.1 Å². The third kappa shape index (κ3) is 4.43. The zero-order valence-corrected chi connectivity index (χ0v) is 15.1. The highest BCUT2D eigenvalue weighted by atomic mass is 32.1. The topological polar surface area (TPSA) is 28.2 Å². The van der Waals surface area contributed by atoms with Gasteiger partial charge in [-0.2, -0.15) is 0 Å². The molecule has 0 radical (unpaired) electrons. The second-order valence-corrected chi connectivity index (χ2v) is 8.43. The van der Waals surface area contributed by atoms with Crippen LogP contribution in [0.2, 0.25) is 0 Å². The number of piperidine rings is 1. The van der Waals surface area contributed by atoms with Crippen LogP contribution in [0.15, 0.2) is 0 Å². The molecule has 0 amide bonds. The molecule has 1 aliphatic heterocycles. The number of hydrogen-bond donors (Lipinski definition) is 1. The zero-order valence-electron chi connectivity index (χ0n) is 14.3. The molecule has 120 valence electrons. The predicted molar refractivity (Wildman–Crippen MR) is 93.4 cm³/mol. The number of rotatable bonds is 5. The van der Waals surface area contributed by atoms with Crippen molar-refractivity contribution in [1.82, 2.24) is 10.3 Å². The molecule has 0 unspecified atom stereocenters. The van der Waals surface area contributed by atoms with Crippen LogP contribution in [0, 0.1) is 5.92 Å². The van der Waals surface area contributed by atoms with Crippen molar-refractivity contribution in [3.05, 3.63) is 10.6 Å². The van der Waals surface area contributed by atoms with Gasteiger partial charge >= 0.3 is 0 Å². The van der Waals surface area contributed by atoms with Crippen molar-refractivity contribution in [2.45, 2.75) is 65.8 Å². The lowest BCUT2D eigenvalue weighted by Gasteiger charge is -2.30. The average Bonchev–Trinajstić information content (AvgIpc) is 2.84. The van der Waals surface area contributed by atoms with Gasteiger partial charge in [0.2, 0.25) is 0 Å². The highest BCUT2D eigenvalue weighted by Gasteiger charge is 2.26. The number of anilines is 1. The summed E-state index contributed by atoms with van der Waals surface area (Å²) in [5, 5.41) is 4.78. The van der Waals surface area contributed by atoms with Gasteiger partial charge in [0.25, 0.3) is 0 Å². The number of nitrogens with one attached hydrogen (secondary N) is 1. The summed E-state index contributed by atoms with van der Waals surface area (Å²) in [7, 11) is 0. The summed E-state index contributed by atoms with van der Waals surface area (Å²) in [4.78, 5) is 8.92. The molecule has 1 fully saturated rings. The summed E-state index contributed by atoms with van der Waals surface area (Å²) >= 11 is 1.90. The van der Waals surface area contributed by atoms with Crippen LogP contribution in [0.1, 0.15) is 64.5 Å². The van der Waals surface area contributed by atoms with E-state index >= 15 is 0 Å². The van der Waals surface area contributed by atoms with Gasteiger partial charge in [0, 0.05) is 29.9 Å². The molecule has 4 heteroatoms. The van der Waals surface area contributed by atoms with E-state index in [1.807, 2.05) is 11.3 Å². The molecule has 0 atom stereocenters. The first-order valence-corrected chi connectivity index (χ1v) is 9.19. The first kappa shape index (κ1) is 16.8. The molecular weight excluding hydrogens is 278 g/mol. The number of hydrogen-bond acceptors (Lipinski definition) is 4. The quantitative estimate of drug-likeness (QED) is 0.827. The second-order valence-electron chi connectivity index (χ2n) is 7.36. The molecular formula is C17H31N3S. The minimum atomic E-state index is 0.126. The maximum absolute atomic E-state index is 5.01. The standard InChI is InChI=1S/C17H31N3S/c1-6-9-18-12-14-15(17(3,4)5)19-16(21-14)20-10-7-13(2)8-11-20/h13,18H,6-12H2,1-5H3. The highest BCUT2D eigenvalue weighted by Crippen LogP contribution is 2.35. The van der Waals surface area contributed by atoms with E-state index in [9.17, 15) is 0 Å². The van der Waals surface area contributed by atoms with E-state index in [2.05, 4.69) is 44.8 Å². The number of aromatic nitrogens is 1. The summed E-state index contributed by atoms with van der Waals surface area (Å²) in [6.07, 6.45) is 3.78. The summed E-state index contributed by atoms with van der Waals surface area (Å²) in [6.45, 7) is 15.8. The van der Waals surface area contributed by atoms with E-state index in [-0.39, 0.29) is 5.41 Å². The van der Waals surface area contributed by atoms with Gasteiger partial charge in [0.1, 0.15) is 0 Å². The van der Waals surface area contributed by atoms with Gasteiger partial charge in [-0.05, 0) is 31.7 Å². The Morgan fingerprint density at radius 3 is 2.52 bits per heavy atom. The molecule has 1 saturated heterocycles. The predicted octanol–water partition coefficient (Wildman–Crippen LogP) is 4.18. The van der Waals surface area contributed by atoms with Gasteiger partial charge in [-0.25, -0.2) is 4.98 Å². The smallest absolute Gasteiger partial charge is 0.185 e. The average molecular weight is 310 g/mol. The second kappa shape index (κ2) is 7.10. The van der Waals surface area contributed by atoms with Crippen LogP contribution >= 0.6 is 11.3 Å². The molecule has 2 heterocycles. The van der Waals surface area contributed by atoms with Gasteiger partial charge in [0.05, 0.1) is 5.69 Å². The fourth-order valence-corrected chi connectivity index (χ4v) is 4.05. The highest BCUT2D eigenvalue weighted by molar-refractivity contribution is 7.15. The van der Waals surface area contributed by atoms with Crippen molar-refractivity contribution in [3.8, 4) is 0 Å². The van der Waals surface area contributed by atoms with Crippen molar-refractivity contribution in [2.24, 2.45) is 5.92 Å². The van der Waals surface area contributed by atoms with E-state index < -0.39 is 0 Å². The molecule has 1 aliphatic rings. The molecule has 0 aliphatic carbocycles. The Morgan fingerprint density at radius 2 is 1.95 bits per heavy atom. The number of thiazole rings is 1. The Bertz CT molecular complexity index is 439. The lowest BCUT2D eigenvalue weighted by Crippen LogP contribution is -2.32. The molecule has 2 rings (SSSR count). The Morgan fingerprint density at radius 1 is 1.29 bits per heavy atom. The molecule has 1 aromatic rings. The van der Waals surface area contributed by atoms with Crippen LogP contribution in [0.4, 0.5) is 5.13 Å². The summed E-state index contributed by atoms with van der Waals surface area (Å²) < 4.78 is 0. The fourth-order valence-electron chi connectivity index (χ4n) is 2.76. The van der Waals surface area contributed by atoms with Crippen LogP contribution in [0.3, 0.4) is 0 Å². The van der Waals surface area contributed by atoms with E-state index in [0.717, 1.165) is 19.0 Å². The molecule has 21 heavy (non-hydrogen) atoms. The van der Waals surface area contributed by atoms with E-state index in [4.69, 9.17) is 4.98 Å². The fraction of sp³-hybridized carbons (Fsp3) is 0.824. The maximum atomic E-state index is 5.01.